The molecule has 0 unspecified atom stereocenters. The van der Waals surface area contributed by atoms with Crippen LogP contribution in [0.4, 0.5) is 0 Å². The second-order valence-electron chi connectivity index (χ2n) is 9.57. The molecule has 0 fully saturated rings. The number of azide groups is 1. The lowest BCUT2D eigenvalue weighted by Crippen LogP contribution is -2.40. The minimum absolute atomic E-state index is 0.0155. The molecule has 9 heteroatoms. The molecule has 4 rings (SSSR count). The van der Waals surface area contributed by atoms with Crippen molar-refractivity contribution in [1.29, 1.82) is 0 Å². The van der Waals surface area contributed by atoms with E-state index in [0.717, 1.165) is 16.7 Å². The molecule has 218 valence electrons. The molecule has 0 aliphatic heterocycles. The van der Waals surface area contributed by atoms with Crippen molar-refractivity contribution in [2.75, 3.05) is 13.2 Å². The van der Waals surface area contributed by atoms with Gasteiger partial charge in [-0.1, -0.05) is 96.1 Å². The Balaban J connectivity index is 1.72. The van der Waals surface area contributed by atoms with Gasteiger partial charge in [-0.15, -0.1) is 0 Å². The molecular weight excluding hydrogens is 534 g/mol. The number of benzene rings is 3. The fourth-order valence-corrected chi connectivity index (χ4v) is 4.46. The Morgan fingerprint density at radius 2 is 1.36 bits per heavy atom. The fraction of sp³-hybridized carbons (Fsp3) is 0.303. The molecule has 0 saturated heterocycles. The minimum Gasteiger partial charge on any atom is -0.463 e. The van der Waals surface area contributed by atoms with Crippen LogP contribution in [0.25, 0.3) is 10.4 Å². The Morgan fingerprint density at radius 1 is 0.833 bits per heavy atom. The average molecular weight is 570 g/mol. The second-order valence-corrected chi connectivity index (χ2v) is 9.57. The van der Waals surface area contributed by atoms with Crippen molar-refractivity contribution in [2.24, 2.45) is 5.11 Å². The zero-order valence-corrected chi connectivity index (χ0v) is 23.8. The molecule has 1 aromatic heterocycles. The molecule has 42 heavy (non-hydrogen) atoms. The van der Waals surface area contributed by atoms with Crippen LogP contribution in [0.2, 0.25) is 0 Å². The number of aryl methyl sites for hydroxylation is 1. The van der Waals surface area contributed by atoms with Crippen LogP contribution < -0.4 is 0 Å². The predicted octanol–water partition coefficient (Wildman–Crippen LogP) is 7.50. The first-order valence-corrected chi connectivity index (χ1v) is 13.8. The van der Waals surface area contributed by atoms with Crippen LogP contribution in [0.5, 0.6) is 0 Å². The molecule has 0 bridgehead atoms. The van der Waals surface area contributed by atoms with Gasteiger partial charge in [0.05, 0.1) is 39.1 Å². The highest BCUT2D eigenvalue weighted by molar-refractivity contribution is 5.90. The van der Waals surface area contributed by atoms with E-state index < -0.39 is 24.3 Å². The van der Waals surface area contributed by atoms with E-state index in [1.807, 2.05) is 91.0 Å². The van der Waals surface area contributed by atoms with Crippen molar-refractivity contribution in [3.63, 3.8) is 0 Å². The van der Waals surface area contributed by atoms with Crippen molar-refractivity contribution < 1.29 is 28.2 Å². The summed E-state index contributed by atoms with van der Waals surface area (Å²) in [7, 11) is 0. The number of carbonyl (C=O) groups excluding carboxylic acids is 1. The molecule has 0 N–H and O–H groups in total. The van der Waals surface area contributed by atoms with Gasteiger partial charge in [0.15, 0.2) is 0 Å². The third kappa shape index (κ3) is 8.80. The lowest BCUT2D eigenvalue weighted by Gasteiger charge is -2.32. The van der Waals surface area contributed by atoms with E-state index in [1.54, 1.807) is 19.9 Å². The van der Waals surface area contributed by atoms with Crippen molar-refractivity contribution in [2.45, 2.75) is 52.0 Å². The molecule has 0 aliphatic carbocycles. The van der Waals surface area contributed by atoms with E-state index in [-0.39, 0.29) is 33.0 Å². The Kier molecular flexibility index (Phi) is 11.7. The first-order chi connectivity index (χ1) is 20.6. The zero-order chi connectivity index (χ0) is 29.6. The summed E-state index contributed by atoms with van der Waals surface area (Å²) in [5.41, 5.74) is 12.3. The number of nitrogens with zero attached hydrogens (tertiary/aromatic N) is 3. The summed E-state index contributed by atoms with van der Waals surface area (Å²) >= 11 is 0. The van der Waals surface area contributed by atoms with Crippen LogP contribution >= 0.6 is 0 Å². The third-order valence-electron chi connectivity index (χ3n) is 6.57. The molecular formula is C33H35N3O6. The minimum atomic E-state index is -0.828. The highest BCUT2D eigenvalue weighted by Crippen LogP contribution is 2.33. The maximum absolute atomic E-state index is 12.7. The predicted molar refractivity (Wildman–Crippen MR) is 157 cm³/mol. The van der Waals surface area contributed by atoms with Crippen LogP contribution in [-0.4, -0.2) is 31.3 Å². The van der Waals surface area contributed by atoms with Crippen LogP contribution in [0, 0.1) is 6.92 Å². The molecule has 9 nitrogen and oxygen atoms in total. The molecule has 3 atom stereocenters. The quantitative estimate of drug-likeness (QED) is 0.0597. The van der Waals surface area contributed by atoms with E-state index in [2.05, 4.69) is 10.0 Å². The van der Waals surface area contributed by atoms with E-state index >= 15 is 0 Å². The van der Waals surface area contributed by atoms with Gasteiger partial charge in [0.2, 0.25) is 0 Å². The van der Waals surface area contributed by atoms with Crippen LogP contribution in [0.3, 0.4) is 0 Å². The summed E-state index contributed by atoms with van der Waals surface area (Å²) in [6.07, 6.45) is -2.34. The Hall–Kier alpha value is -4.40. The molecule has 0 amide bonds. The first-order valence-electron chi connectivity index (χ1n) is 13.8. The maximum Gasteiger partial charge on any atom is 0.341 e. The standard InChI is InChI=1S/C33H35N3O6/c1-3-38-33(37)28-19-29(42-24(28)2)31(40-22-26-15-9-5-10-16-26)32(41-23-27-17-11-6-12-18-27)30(20-35-36-34)39-21-25-13-7-4-8-14-25/h4-19,30-32H,3,20-23H2,1-2H3/t30-,31-,32-/m1/s1. The van der Waals surface area contributed by atoms with Gasteiger partial charge in [0, 0.05) is 4.91 Å². The van der Waals surface area contributed by atoms with Gasteiger partial charge < -0.3 is 23.4 Å². The summed E-state index contributed by atoms with van der Waals surface area (Å²) in [6.45, 7) is 4.40. The largest absolute Gasteiger partial charge is 0.463 e. The zero-order valence-electron chi connectivity index (χ0n) is 23.8. The lowest BCUT2D eigenvalue weighted by molar-refractivity contribution is -0.156. The molecule has 0 aliphatic rings. The van der Waals surface area contributed by atoms with Crippen LogP contribution in [0.15, 0.2) is 107 Å². The van der Waals surface area contributed by atoms with E-state index in [9.17, 15) is 10.3 Å². The Morgan fingerprint density at radius 3 is 1.88 bits per heavy atom. The maximum atomic E-state index is 12.7. The van der Waals surface area contributed by atoms with E-state index in [4.69, 9.17) is 23.4 Å². The fourth-order valence-electron chi connectivity index (χ4n) is 4.46. The average Bonchev–Trinajstić information content (AvgIpc) is 3.42. The Labute approximate surface area is 245 Å². The number of esters is 1. The van der Waals surface area contributed by atoms with Gasteiger partial charge >= 0.3 is 5.97 Å². The van der Waals surface area contributed by atoms with Crippen molar-refractivity contribution >= 4 is 5.97 Å². The number of furan rings is 1. The van der Waals surface area contributed by atoms with Crippen molar-refractivity contribution in [3.05, 3.63) is 141 Å². The van der Waals surface area contributed by atoms with Crippen LogP contribution in [0.1, 0.15) is 51.6 Å². The highest BCUT2D eigenvalue weighted by Gasteiger charge is 2.36. The normalized spacial score (nSPS) is 13.1. The molecule has 4 aromatic rings. The molecule has 1 heterocycles. The van der Waals surface area contributed by atoms with Gasteiger partial charge in [0.25, 0.3) is 0 Å². The monoisotopic (exact) mass is 569 g/mol. The van der Waals surface area contributed by atoms with E-state index in [1.165, 1.54) is 0 Å². The summed E-state index contributed by atoms with van der Waals surface area (Å²) in [5.74, 6) is 0.286. The molecule has 0 spiro atoms. The SMILES string of the molecule is CCOC(=O)c1cc([C@@H](OCc2ccccc2)[C@H](OCc2ccccc2)[C@@H](CN=[N+]=[N-])OCc2ccccc2)oc1C. The number of rotatable bonds is 16. The first kappa shape index (κ1) is 30.6. The van der Waals surface area contributed by atoms with Gasteiger partial charge in [-0.3, -0.25) is 0 Å². The molecule has 0 saturated carbocycles. The number of hydrogen-bond acceptors (Lipinski definition) is 7. The van der Waals surface area contributed by atoms with Crippen molar-refractivity contribution in [1.82, 2.24) is 0 Å². The Bertz CT molecular complexity index is 1420. The molecule has 3 aromatic carbocycles. The van der Waals surface area contributed by atoms with Crippen molar-refractivity contribution in [3.8, 4) is 0 Å². The van der Waals surface area contributed by atoms with E-state index in [0.29, 0.717) is 17.1 Å². The van der Waals surface area contributed by atoms with Gasteiger partial charge in [-0.05, 0) is 42.1 Å². The van der Waals surface area contributed by atoms with Gasteiger partial charge in [0.1, 0.15) is 29.3 Å². The topological polar surface area (TPSA) is 116 Å². The summed E-state index contributed by atoms with van der Waals surface area (Å²) in [4.78, 5) is 15.6. The molecule has 0 radical (unpaired) electrons. The summed E-state index contributed by atoms with van der Waals surface area (Å²) in [5, 5.41) is 3.85. The highest BCUT2D eigenvalue weighted by atomic mass is 16.6. The third-order valence-corrected chi connectivity index (χ3v) is 6.57. The van der Waals surface area contributed by atoms with Gasteiger partial charge in [-0.2, -0.15) is 0 Å². The van der Waals surface area contributed by atoms with Crippen LogP contribution in [-0.2, 0) is 38.8 Å². The second kappa shape index (κ2) is 16.1. The number of hydrogen-bond donors (Lipinski definition) is 0. The summed E-state index contributed by atoms with van der Waals surface area (Å²) in [6, 6.07) is 30.7. The lowest BCUT2D eigenvalue weighted by atomic mass is 10.0. The number of ether oxygens (including phenoxy) is 4. The smallest absolute Gasteiger partial charge is 0.341 e. The summed E-state index contributed by atoms with van der Waals surface area (Å²) < 4.78 is 30.7. The number of carbonyl (C=O) groups is 1. The van der Waals surface area contributed by atoms with Gasteiger partial charge in [-0.25, -0.2) is 4.79 Å².